The maximum Gasteiger partial charge on any atom is 0.0499 e. The zero-order chi connectivity index (χ0) is 10.3. The van der Waals surface area contributed by atoms with Gasteiger partial charge in [0.15, 0.2) is 0 Å². The van der Waals surface area contributed by atoms with Crippen LogP contribution in [0.15, 0.2) is 0 Å². The SMILES string of the molecule is OCC1(CN2CCN3CCCC3C2)CC1. The predicted octanol–water partition coefficient (Wildman–Crippen LogP) is 0.539. The van der Waals surface area contributed by atoms with Crippen LogP contribution in [0, 0.1) is 5.41 Å². The summed E-state index contributed by atoms with van der Waals surface area (Å²) in [4.78, 5) is 5.24. The number of aliphatic hydroxyl groups is 1. The Morgan fingerprint density at radius 2 is 2.07 bits per heavy atom. The van der Waals surface area contributed by atoms with Crippen molar-refractivity contribution in [1.82, 2.24) is 9.80 Å². The minimum absolute atomic E-state index is 0.306. The van der Waals surface area contributed by atoms with E-state index in [1.165, 1.54) is 51.9 Å². The summed E-state index contributed by atoms with van der Waals surface area (Å²) in [5.41, 5.74) is 0.306. The molecule has 3 nitrogen and oxygen atoms in total. The molecule has 0 aromatic rings. The lowest BCUT2D eigenvalue weighted by molar-refractivity contribution is 0.0728. The van der Waals surface area contributed by atoms with E-state index in [-0.39, 0.29) is 0 Å². The first-order valence-corrected chi connectivity index (χ1v) is 6.39. The van der Waals surface area contributed by atoms with Gasteiger partial charge in [-0.25, -0.2) is 0 Å². The van der Waals surface area contributed by atoms with Crippen molar-refractivity contribution in [2.45, 2.75) is 31.7 Å². The second-order valence-corrected chi connectivity index (χ2v) is 5.73. The van der Waals surface area contributed by atoms with E-state index in [1.54, 1.807) is 0 Å². The average Bonchev–Trinajstić information content (AvgIpc) is 2.88. The Morgan fingerprint density at radius 1 is 1.20 bits per heavy atom. The van der Waals surface area contributed by atoms with Crippen LogP contribution in [0.25, 0.3) is 0 Å². The van der Waals surface area contributed by atoms with Gasteiger partial charge in [-0.3, -0.25) is 9.80 Å². The van der Waals surface area contributed by atoms with Gasteiger partial charge in [0.2, 0.25) is 0 Å². The number of aliphatic hydroxyl groups excluding tert-OH is 1. The Morgan fingerprint density at radius 3 is 2.80 bits per heavy atom. The minimum Gasteiger partial charge on any atom is -0.396 e. The third kappa shape index (κ3) is 1.93. The zero-order valence-electron chi connectivity index (χ0n) is 9.49. The van der Waals surface area contributed by atoms with Crippen molar-refractivity contribution in [2.75, 3.05) is 39.3 Å². The molecule has 0 amide bonds. The van der Waals surface area contributed by atoms with Crippen LogP contribution in [0.4, 0.5) is 0 Å². The van der Waals surface area contributed by atoms with Gasteiger partial charge < -0.3 is 5.11 Å². The third-order valence-electron chi connectivity index (χ3n) is 4.52. The van der Waals surface area contributed by atoms with E-state index in [0.717, 1.165) is 12.6 Å². The fourth-order valence-electron chi connectivity index (χ4n) is 3.22. The number of hydrogen-bond donors (Lipinski definition) is 1. The smallest absolute Gasteiger partial charge is 0.0499 e. The largest absolute Gasteiger partial charge is 0.396 e. The molecule has 0 aromatic heterocycles. The van der Waals surface area contributed by atoms with E-state index in [1.807, 2.05) is 0 Å². The number of nitrogens with zero attached hydrogens (tertiary/aromatic N) is 2. The molecule has 3 fully saturated rings. The standard InChI is InChI=1S/C12H22N2O/c15-10-12(3-4-12)9-13-6-7-14-5-1-2-11(14)8-13/h11,15H,1-10H2. The fraction of sp³-hybridized carbons (Fsp3) is 1.00. The van der Waals surface area contributed by atoms with Crippen LogP contribution in [0.5, 0.6) is 0 Å². The Hall–Kier alpha value is -0.120. The summed E-state index contributed by atoms with van der Waals surface area (Å²) in [5.74, 6) is 0. The van der Waals surface area contributed by atoms with E-state index < -0.39 is 0 Å². The van der Waals surface area contributed by atoms with Gasteiger partial charge in [0.1, 0.15) is 0 Å². The van der Waals surface area contributed by atoms with Crippen molar-refractivity contribution in [1.29, 1.82) is 0 Å². The van der Waals surface area contributed by atoms with E-state index in [0.29, 0.717) is 12.0 Å². The maximum absolute atomic E-state index is 9.34. The molecule has 2 saturated heterocycles. The Bertz CT molecular complexity index is 240. The number of hydrogen-bond acceptors (Lipinski definition) is 3. The molecule has 0 bridgehead atoms. The van der Waals surface area contributed by atoms with Gasteiger partial charge in [-0.2, -0.15) is 0 Å². The summed E-state index contributed by atoms with van der Waals surface area (Å²) >= 11 is 0. The first kappa shape index (κ1) is 10.1. The Kier molecular flexibility index (Phi) is 2.49. The van der Waals surface area contributed by atoms with Crippen molar-refractivity contribution >= 4 is 0 Å². The fourth-order valence-corrected chi connectivity index (χ4v) is 3.22. The van der Waals surface area contributed by atoms with Crippen LogP contribution in [0.3, 0.4) is 0 Å². The van der Waals surface area contributed by atoms with Crippen molar-refractivity contribution in [3.63, 3.8) is 0 Å². The third-order valence-corrected chi connectivity index (χ3v) is 4.52. The monoisotopic (exact) mass is 210 g/mol. The van der Waals surface area contributed by atoms with Gasteiger partial charge in [0.25, 0.3) is 0 Å². The Balaban J connectivity index is 1.55. The first-order chi connectivity index (χ1) is 7.31. The van der Waals surface area contributed by atoms with Crippen molar-refractivity contribution in [3.8, 4) is 0 Å². The highest BCUT2D eigenvalue weighted by molar-refractivity contribution is 4.97. The second kappa shape index (κ2) is 3.72. The van der Waals surface area contributed by atoms with Crippen LogP contribution in [-0.2, 0) is 0 Å². The molecule has 15 heavy (non-hydrogen) atoms. The van der Waals surface area contributed by atoms with Gasteiger partial charge in [0.05, 0.1) is 0 Å². The molecule has 3 heteroatoms. The molecule has 2 aliphatic heterocycles. The van der Waals surface area contributed by atoms with Gasteiger partial charge in [-0.05, 0) is 32.2 Å². The van der Waals surface area contributed by atoms with Crippen LogP contribution < -0.4 is 0 Å². The van der Waals surface area contributed by atoms with Gasteiger partial charge >= 0.3 is 0 Å². The van der Waals surface area contributed by atoms with Crippen LogP contribution >= 0.6 is 0 Å². The molecule has 1 N–H and O–H groups in total. The molecular weight excluding hydrogens is 188 g/mol. The lowest BCUT2D eigenvalue weighted by Gasteiger charge is -2.38. The van der Waals surface area contributed by atoms with Crippen molar-refractivity contribution in [2.24, 2.45) is 5.41 Å². The molecule has 0 spiro atoms. The quantitative estimate of drug-likeness (QED) is 0.736. The summed E-state index contributed by atoms with van der Waals surface area (Å²) in [6, 6.07) is 0.827. The molecule has 0 radical (unpaired) electrons. The lowest BCUT2D eigenvalue weighted by atomic mass is 10.1. The van der Waals surface area contributed by atoms with Gasteiger partial charge in [-0.1, -0.05) is 0 Å². The van der Waals surface area contributed by atoms with E-state index in [4.69, 9.17) is 0 Å². The van der Waals surface area contributed by atoms with Crippen LogP contribution in [0.2, 0.25) is 0 Å². The van der Waals surface area contributed by atoms with Gasteiger partial charge in [-0.15, -0.1) is 0 Å². The molecule has 3 rings (SSSR count). The van der Waals surface area contributed by atoms with Crippen molar-refractivity contribution < 1.29 is 5.11 Å². The van der Waals surface area contributed by atoms with E-state index in [2.05, 4.69) is 9.80 Å². The summed E-state index contributed by atoms with van der Waals surface area (Å²) in [7, 11) is 0. The second-order valence-electron chi connectivity index (χ2n) is 5.73. The first-order valence-electron chi connectivity index (χ1n) is 6.39. The molecule has 1 aliphatic carbocycles. The molecule has 1 unspecified atom stereocenters. The predicted molar refractivity (Wildman–Crippen MR) is 59.8 cm³/mol. The van der Waals surface area contributed by atoms with Crippen LogP contribution in [-0.4, -0.2) is 60.3 Å². The Labute approximate surface area is 92.1 Å². The summed E-state index contributed by atoms with van der Waals surface area (Å²) in [5, 5.41) is 9.34. The summed E-state index contributed by atoms with van der Waals surface area (Å²) < 4.78 is 0. The molecular formula is C12H22N2O. The molecule has 2 heterocycles. The highest BCUT2D eigenvalue weighted by Crippen LogP contribution is 2.45. The lowest BCUT2D eigenvalue weighted by Crippen LogP contribution is -2.51. The van der Waals surface area contributed by atoms with E-state index in [9.17, 15) is 5.11 Å². The van der Waals surface area contributed by atoms with Gasteiger partial charge in [0, 0.05) is 44.2 Å². The highest BCUT2D eigenvalue weighted by Gasteiger charge is 2.44. The zero-order valence-corrected chi connectivity index (χ0v) is 9.49. The molecule has 86 valence electrons. The molecule has 1 saturated carbocycles. The minimum atomic E-state index is 0.306. The maximum atomic E-state index is 9.34. The highest BCUT2D eigenvalue weighted by atomic mass is 16.3. The summed E-state index contributed by atoms with van der Waals surface area (Å²) in [6.45, 7) is 6.60. The summed E-state index contributed by atoms with van der Waals surface area (Å²) in [6.07, 6.45) is 5.27. The number of piperazine rings is 1. The normalized spacial score (nSPS) is 35.4. The molecule has 0 aromatic carbocycles. The number of fused-ring (bicyclic) bond motifs is 1. The topological polar surface area (TPSA) is 26.7 Å². The molecule has 1 atom stereocenters. The van der Waals surface area contributed by atoms with Crippen molar-refractivity contribution in [3.05, 3.63) is 0 Å². The van der Waals surface area contributed by atoms with Crippen LogP contribution in [0.1, 0.15) is 25.7 Å². The molecule has 3 aliphatic rings. The number of rotatable bonds is 3. The van der Waals surface area contributed by atoms with E-state index >= 15 is 0 Å². The average molecular weight is 210 g/mol.